The van der Waals surface area contributed by atoms with Crippen LogP contribution in [0.15, 0.2) is 29.2 Å². The highest BCUT2D eigenvalue weighted by Gasteiger charge is 2.21. The van der Waals surface area contributed by atoms with Crippen molar-refractivity contribution in [3.8, 4) is 0 Å². The van der Waals surface area contributed by atoms with E-state index in [9.17, 15) is 13.2 Å². The first-order valence-electron chi connectivity index (χ1n) is 6.30. The second kappa shape index (κ2) is 5.80. The highest BCUT2D eigenvalue weighted by Crippen LogP contribution is 2.18. The van der Waals surface area contributed by atoms with Crippen LogP contribution in [0.25, 0.3) is 0 Å². The minimum atomic E-state index is -3.22. The van der Waals surface area contributed by atoms with Crippen LogP contribution in [0.3, 0.4) is 0 Å². The number of hydrogen-bond acceptors (Lipinski definition) is 4. The standard InChI is InChI=1S/C13H18N2O4S/c1-14(13(16)15-7-9-19-10-8-15)11-3-5-12(6-4-11)20(2,17)18/h3-6H,7-10H2,1-2H3. The number of morpholine rings is 1. The molecule has 1 saturated heterocycles. The highest BCUT2D eigenvalue weighted by atomic mass is 32.2. The Bertz CT molecular complexity index is 577. The molecule has 0 bridgehead atoms. The number of carbonyl (C=O) groups is 1. The van der Waals surface area contributed by atoms with Crippen LogP contribution in [0.1, 0.15) is 0 Å². The van der Waals surface area contributed by atoms with Crippen LogP contribution in [0, 0.1) is 0 Å². The van der Waals surface area contributed by atoms with E-state index >= 15 is 0 Å². The van der Waals surface area contributed by atoms with Crippen molar-refractivity contribution >= 4 is 21.6 Å². The number of hydrogen-bond donors (Lipinski definition) is 0. The Morgan fingerprint density at radius 3 is 2.25 bits per heavy atom. The molecule has 0 spiro atoms. The van der Waals surface area contributed by atoms with Gasteiger partial charge in [-0.2, -0.15) is 0 Å². The number of amides is 2. The van der Waals surface area contributed by atoms with Gasteiger partial charge in [-0.1, -0.05) is 0 Å². The molecular weight excluding hydrogens is 280 g/mol. The van der Waals surface area contributed by atoms with Crippen molar-refractivity contribution in [1.29, 1.82) is 0 Å². The molecule has 20 heavy (non-hydrogen) atoms. The largest absolute Gasteiger partial charge is 0.378 e. The summed E-state index contributed by atoms with van der Waals surface area (Å²) in [5.41, 5.74) is 0.661. The number of ether oxygens (including phenoxy) is 1. The fourth-order valence-electron chi connectivity index (χ4n) is 1.99. The Hall–Kier alpha value is -1.60. The van der Waals surface area contributed by atoms with Gasteiger partial charge in [0.1, 0.15) is 0 Å². The SMILES string of the molecule is CN(C(=O)N1CCOCC1)c1ccc(S(C)(=O)=O)cc1. The van der Waals surface area contributed by atoms with Crippen molar-refractivity contribution in [1.82, 2.24) is 4.90 Å². The van der Waals surface area contributed by atoms with E-state index in [2.05, 4.69) is 0 Å². The third-order valence-electron chi connectivity index (χ3n) is 3.22. The van der Waals surface area contributed by atoms with Gasteiger partial charge in [0.25, 0.3) is 0 Å². The van der Waals surface area contributed by atoms with Gasteiger partial charge in [0.2, 0.25) is 0 Å². The second-order valence-corrected chi connectivity index (χ2v) is 6.72. The third-order valence-corrected chi connectivity index (χ3v) is 4.35. The van der Waals surface area contributed by atoms with E-state index in [1.165, 1.54) is 17.0 Å². The molecule has 1 aromatic carbocycles. The summed E-state index contributed by atoms with van der Waals surface area (Å²) in [5.74, 6) is 0. The molecule has 1 fully saturated rings. The number of benzene rings is 1. The summed E-state index contributed by atoms with van der Waals surface area (Å²) in [6.45, 7) is 2.24. The first-order chi connectivity index (χ1) is 9.39. The average Bonchev–Trinajstić information content (AvgIpc) is 2.46. The molecule has 0 N–H and O–H groups in total. The number of nitrogens with zero attached hydrogens (tertiary/aromatic N) is 2. The summed E-state index contributed by atoms with van der Waals surface area (Å²) < 4.78 is 28.0. The van der Waals surface area contributed by atoms with Gasteiger partial charge in [-0.15, -0.1) is 0 Å². The molecule has 0 unspecified atom stereocenters. The number of anilines is 1. The quantitative estimate of drug-likeness (QED) is 0.816. The molecule has 1 heterocycles. The van der Waals surface area contributed by atoms with Gasteiger partial charge >= 0.3 is 6.03 Å². The molecule has 1 aromatic rings. The lowest BCUT2D eigenvalue weighted by Gasteiger charge is -2.31. The molecule has 0 radical (unpaired) electrons. The molecule has 1 aliphatic heterocycles. The maximum absolute atomic E-state index is 12.3. The Balaban J connectivity index is 2.12. The van der Waals surface area contributed by atoms with Gasteiger partial charge in [-0.3, -0.25) is 4.90 Å². The zero-order chi connectivity index (χ0) is 14.8. The van der Waals surface area contributed by atoms with Crippen LogP contribution in [0.5, 0.6) is 0 Å². The lowest BCUT2D eigenvalue weighted by Crippen LogP contribution is -2.47. The Kier molecular flexibility index (Phi) is 4.29. The van der Waals surface area contributed by atoms with Gasteiger partial charge in [0.05, 0.1) is 18.1 Å². The zero-order valence-electron chi connectivity index (χ0n) is 11.6. The van der Waals surface area contributed by atoms with E-state index in [-0.39, 0.29) is 10.9 Å². The topological polar surface area (TPSA) is 66.9 Å². The minimum absolute atomic E-state index is 0.111. The van der Waals surface area contributed by atoms with E-state index in [1.54, 1.807) is 24.1 Å². The second-order valence-electron chi connectivity index (χ2n) is 4.71. The zero-order valence-corrected chi connectivity index (χ0v) is 12.4. The molecular formula is C13H18N2O4S. The molecule has 2 amide bonds. The van der Waals surface area contributed by atoms with E-state index in [1.807, 2.05) is 0 Å². The van der Waals surface area contributed by atoms with Crippen LogP contribution < -0.4 is 4.90 Å². The van der Waals surface area contributed by atoms with E-state index < -0.39 is 9.84 Å². The van der Waals surface area contributed by atoms with Crippen LogP contribution in [-0.4, -0.2) is 59.0 Å². The number of carbonyl (C=O) groups excluding carboxylic acids is 1. The molecule has 0 aliphatic carbocycles. The highest BCUT2D eigenvalue weighted by molar-refractivity contribution is 7.90. The Labute approximate surface area is 118 Å². The van der Waals surface area contributed by atoms with E-state index in [0.717, 1.165) is 6.26 Å². The van der Waals surface area contributed by atoms with Crippen LogP contribution >= 0.6 is 0 Å². The van der Waals surface area contributed by atoms with Crippen molar-refractivity contribution in [2.75, 3.05) is 44.5 Å². The van der Waals surface area contributed by atoms with Gasteiger partial charge in [-0.05, 0) is 24.3 Å². The molecule has 110 valence electrons. The minimum Gasteiger partial charge on any atom is -0.378 e. The normalized spacial score (nSPS) is 16.0. The van der Waals surface area contributed by atoms with Crippen molar-refractivity contribution in [3.05, 3.63) is 24.3 Å². The predicted molar refractivity (Wildman–Crippen MR) is 75.7 cm³/mol. The molecule has 2 rings (SSSR count). The summed E-state index contributed by atoms with van der Waals surface area (Å²) in [6, 6.07) is 6.17. The summed E-state index contributed by atoms with van der Waals surface area (Å²) in [4.78, 5) is 15.7. The Morgan fingerprint density at radius 2 is 1.75 bits per heavy atom. The number of rotatable bonds is 2. The first kappa shape index (κ1) is 14.8. The van der Waals surface area contributed by atoms with Crippen LogP contribution in [0.4, 0.5) is 10.5 Å². The third kappa shape index (κ3) is 3.29. The smallest absolute Gasteiger partial charge is 0.324 e. The first-order valence-corrected chi connectivity index (χ1v) is 8.19. The molecule has 1 aliphatic rings. The van der Waals surface area contributed by atoms with Crippen LogP contribution in [-0.2, 0) is 14.6 Å². The van der Waals surface area contributed by atoms with Crippen molar-refractivity contribution < 1.29 is 17.9 Å². The summed E-state index contributed by atoms with van der Waals surface area (Å²) in [7, 11) is -1.54. The van der Waals surface area contributed by atoms with Gasteiger partial charge in [-0.25, -0.2) is 13.2 Å². The van der Waals surface area contributed by atoms with E-state index in [4.69, 9.17) is 4.74 Å². The predicted octanol–water partition coefficient (Wildman–Crippen LogP) is 0.978. The van der Waals surface area contributed by atoms with Crippen LogP contribution in [0.2, 0.25) is 0 Å². The fourth-order valence-corrected chi connectivity index (χ4v) is 2.62. The van der Waals surface area contributed by atoms with Gasteiger partial charge < -0.3 is 9.64 Å². The monoisotopic (exact) mass is 298 g/mol. The van der Waals surface area contributed by atoms with E-state index in [0.29, 0.717) is 32.0 Å². The summed E-state index contributed by atoms with van der Waals surface area (Å²) in [5, 5.41) is 0. The molecule has 6 nitrogen and oxygen atoms in total. The molecule has 0 saturated carbocycles. The number of urea groups is 1. The van der Waals surface area contributed by atoms with Crippen molar-refractivity contribution in [2.45, 2.75) is 4.90 Å². The summed E-state index contributed by atoms with van der Waals surface area (Å²) in [6.07, 6.45) is 1.16. The lowest BCUT2D eigenvalue weighted by atomic mass is 10.3. The maximum atomic E-state index is 12.3. The Morgan fingerprint density at radius 1 is 1.20 bits per heavy atom. The van der Waals surface area contributed by atoms with Gasteiger partial charge in [0.15, 0.2) is 9.84 Å². The molecule has 7 heteroatoms. The fraction of sp³-hybridized carbons (Fsp3) is 0.462. The molecule has 0 aromatic heterocycles. The van der Waals surface area contributed by atoms with Gasteiger partial charge in [0, 0.05) is 32.1 Å². The lowest BCUT2D eigenvalue weighted by molar-refractivity contribution is 0.0551. The number of sulfone groups is 1. The summed E-state index contributed by atoms with van der Waals surface area (Å²) >= 11 is 0. The van der Waals surface area contributed by atoms with Crippen molar-refractivity contribution in [3.63, 3.8) is 0 Å². The molecule has 0 atom stereocenters. The van der Waals surface area contributed by atoms with Crippen molar-refractivity contribution in [2.24, 2.45) is 0 Å². The average molecular weight is 298 g/mol. The maximum Gasteiger partial charge on any atom is 0.324 e.